The average molecular weight is 389 g/mol. The molecule has 0 bridgehead atoms. The van der Waals surface area contributed by atoms with Gasteiger partial charge in [-0.25, -0.2) is 0 Å². The molecular formula is C19H23N3O6. The summed E-state index contributed by atoms with van der Waals surface area (Å²) in [4.78, 5) is 62.4. The van der Waals surface area contributed by atoms with Crippen LogP contribution in [0, 0.1) is 0 Å². The summed E-state index contributed by atoms with van der Waals surface area (Å²) in [6.45, 7) is 3.21. The number of benzene rings is 1. The van der Waals surface area contributed by atoms with Crippen molar-refractivity contribution in [2.45, 2.75) is 20.3 Å². The highest BCUT2D eigenvalue weighted by molar-refractivity contribution is 6.22. The van der Waals surface area contributed by atoms with Crippen molar-refractivity contribution in [3.63, 3.8) is 0 Å². The van der Waals surface area contributed by atoms with Crippen molar-refractivity contribution in [3.05, 3.63) is 35.4 Å². The molecule has 4 amide bonds. The molecule has 0 spiro atoms. The maximum absolute atomic E-state index is 12.7. The number of hydrogen-bond donors (Lipinski definition) is 1. The van der Waals surface area contributed by atoms with Gasteiger partial charge in [0.15, 0.2) is 0 Å². The van der Waals surface area contributed by atoms with E-state index >= 15 is 0 Å². The van der Waals surface area contributed by atoms with Crippen LogP contribution in [0.15, 0.2) is 24.3 Å². The third-order valence-electron chi connectivity index (χ3n) is 4.17. The zero-order valence-electron chi connectivity index (χ0n) is 15.9. The quantitative estimate of drug-likeness (QED) is 0.477. The van der Waals surface area contributed by atoms with Gasteiger partial charge < -0.3 is 15.0 Å². The first kappa shape index (κ1) is 21.1. The number of imide groups is 1. The molecule has 1 aromatic rings. The monoisotopic (exact) mass is 389 g/mol. The maximum atomic E-state index is 12.7. The van der Waals surface area contributed by atoms with Gasteiger partial charge in [0, 0.05) is 26.6 Å². The Labute approximate surface area is 162 Å². The van der Waals surface area contributed by atoms with Crippen LogP contribution >= 0.6 is 0 Å². The lowest BCUT2D eigenvalue weighted by Gasteiger charge is -2.24. The Hall–Kier alpha value is -3.23. The molecule has 0 atom stereocenters. The van der Waals surface area contributed by atoms with E-state index in [2.05, 4.69) is 5.32 Å². The predicted molar refractivity (Wildman–Crippen MR) is 98.3 cm³/mol. The smallest absolute Gasteiger partial charge is 0.307 e. The molecule has 1 N–H and O–H groups in total. The lowest BCUT2D eigenvalue weighted by atomic mass is 10.1. The minimum Gasteiger partial charge on any atom is -0.466 e. The molecule has 2 rings (SSSR count). The summed E-state index contributed by atoms with van der Waals surface area (Å²) in [5.41, 5.74) is 0.522. The van der Waals surface area contributed by atoms with Gasteiger partial charge in [0.1, 0.15) is 6.54 Å². The van der Waals surface area contributed by atoms with Gasteiger partial charge in [-0.05, 0) is 19.1 Å². The number of hydrogen-bond acceptors (Lipinski definition) is 6. The number of ether oxygens (including phenoxy) is 1. The Morgan fingerprint density at radius 1 is 1.07 bits per heavy atom. The van der Waals surface area contributed by atoms with Crippen molar-refractivity contribution >= 4 is 29.6 Å². The third kappa shape index (κ3) is 5.15. The molecule has 9 heteroatoms. The molecule has 0 fully saturated rings. The van der Waals surface area contributed by atoms with E-state index in [0.29, 0.717) is 0 Å². The number of rotatable bonds is 9. The van der Waals surface area contributed by atoms with Crippen molar-refractivity contribution < 1.29 is 28.7 Å². The molecule has 0 aliphatic carbocycles. The van der Waals surface area contributed by atoms with Crippen molar-refractivity contribution in [2.75, 3.05) is 32.8 Å². The van der Waals surface area contributed by atoms with Gasteiger partial charge in [-0.15, -0.1) is 0 Å². The van der Waals surface area contributed by atoms with E-state index in [0.717, 1.165) is 4.90 Å². The fourth-order valence-electron chi connectivity index (χ4n) is 2.81. The van der Waals surface area contributed by atoms with Crippen molar-refractivity contribution in [2.24, 2.45) is 0 Å². The average Bonchev–Trinajstić information content (AvgIpc) is 2.89. The first-order chi connectivity index (χ1) is 13.3. The SMILES string of the molecule is CCOC(=O)CCN(CCNC(C)=O)C(=O)CN1C(=O)c2ccccc2C1=O. The van der Waals surface area contributed by atoms with E-state index in [4.69, 9.17) is 4.74 Å². The first-order valence-electron chi connectivity index (χ1n) is 8.98. The second kappa shape index (κ2) is 9.63. The molecule has 0 saturated carbocycles. The molecular weight excluding hydrogens is 366 g/mol. The maximum Gasteiger partial charge on any atom is 0.307 e. The highest BCUT2D eigenvalue weighted by atomic mass is 16.5. The zero-order chi connectivity index (χ0) is 20.7. The Morgan fingerprint density at radius 3 is 2.21 bits per heavy atom. The molecule has 0 aromatic heterocycles. The van der Waals surface area contributed by atoms with Crippen molar-refractivity contribution in [3.8, 4) is 0 Å². The summed E-state index contributed by atoms with van der Waals surface area (Å²) < 4.78 is 4.86. The number of nitrogens with zero attached hydrogens (tertiary/aromatic N) is 2. The largest absolute Gasteiger partial charge is 0.466 e. The normalized spacial score (nSPS) is 12.6. The lowest BCUT2D eigenvalue weighted by molar-refractivity contribution is -0.144. The Morgan fingerprint density at radius 2 is 1.68 bits per heavy atom. The summed E-state index contributed by atoms with van der Waals surface area (Å²) in [7, 11) is 0. The number of nitrogens with one attached hydrogen (secondary N) is 1. The topological polar surface area (TPSA) is 113 Å². The van der Waals surface area contributed by atoms with Gasteiger partial charge >= 0.3 is 5.97 Å². The second-order valence-electron chi connectivity index (χ2n) is 6.16. The Bertz CT molecular complexity index is 757. The zero-order valence-corrected chi connectivity index (χ0v) is 15.9. The van der Waals surface area contributed by atoms with Crippen LogP contribution in [0.4, 0.5) is 0 Å². The molecule has 0 unspecified atom stereocenters. The molecule has 0 radical (unpaired) electrons. The predicted octanol–water partition coefficient (Wildman–Crippen LogP) is 0.201. The van der Waals surface area contributed by atoms with Gasteiger partial charge in [-0.2, -0.15) is 0 Å². The summed E-state index contributed by atoms with van der Waals surface area (Å²) >= 11 is 0. The molecule has 28 heavy (non-hydrogen) atoms. The van der Waals surface area contributed by atoms with Crippen LogP contribution in [-0.2, 0) is 19.1 Å². The van der Waals surface area contributed by atoms with E-state index in [1.54, 1.807) is 19.1 Å². The third-order valence-corrected chi connectivity index (χ3v) is 4.17. The Kier molecular flexibility index (Phi) is 7.25. The van der Waals surface area contributed by atoms with Gasteiger partial charge in [0.05, 0.1) is 24.2 Å². The minimum atomic E-state index is -0.527. The summed E-state index contributed by atoms with van der Waals surface area (Å²) in [6, 6.07) is 6.37. The molecule has 1 aliphatic rings. The minimum absolute atomic E-state index is 0.0260. The van der Waals surface area contributed by atoms with E-state index < -0.39 is 30.2 Å². The summed E-state index contributed by atoms with van der Waals surface area (Å²) in [6.07, 6.45) is -0.0260. The van der Waals surface area contributed by atoms with Crippen molar-refractivity contribution in [1.82, 2.24) is 15.1 Å². The number of esters is 1. The molecule has 0 saturated heterocycles. The highest BCUT2D eigenvalue weighted by Crippen LogP contribution is 2.22. The van der Waals surface area contributed by atoms with E-state index in [-0.39, 0.29) is 49.7 Å². The molecule has 150 valence electrons. The van der Waals surface area contributed by atoms with Crippen LogP contribution in [0.3, 0.4) is 0 Å². The van der Waals surface area contributed by atoms with Crippen LogP contribution in [0.25, 0.3) is 0 Å². The number of carbonyl (C=O) groups is 5. The van der Waals surface area contributed by atoms with E-state index in [1.165, 1.54) is 24.0 Å². The van der Waals surface area contributed by atoms with E-state index in [9.17, 15) is 24.0 Å². The fraction of sp³-hybridized carbons (Fsp3) is 0.421. The first-order valence-corrected chi connectivity index (χ1v) is 8.98. The fourth-order valence-corrected chi connectivity index (χ4v) is 2.81. The molecule has 1 aromatic carbocycles. The van der Waals surface area contributed by atoms with Gasteiger partial charge in [0.25, 0.3) is 11.8 Å². The Balaban J connectivity index is 2.04. The molecule has 1 heterocycles. The van der Waals surface area contributed by atoms with Crippen molar-refractivity contribution in [1.29, 1.82) is 0 Å². The van der Waals surface area contributed by atoms with Crippen LogP contribution < -0.4 is 5.32 Å². The number of carbonyl (C=O) groups excluding carboxylic acids is 5. The van der Waals surface area contributed by atoms with Crippen LogP contribution in [0.2, 0.25) is 0 Å². The van der Waals surface area contributed by atoms with Crippen LogP contribution in [0.1, 0.15) is 41.0 Å². The van der Waals surface area contributed by atoms with Gasteiger partial charge in [-0.3, -0.25) is 28.9 Å². The highest BCUT2D eigenvalue weighted by Gasteiger charge is 2.37. The summed E-state index contributed by atoms with van der Waals surface area (Å²) in [5, 5.41) is 2.57. The molecule has 9 nitrogen and oxygen atoms in total. The molecule has 1 aliphatic heterocycles. The number of amides is 4. The number of fused-ring (bicyclic) bond motifs is 1. The van der Waals surface area contributed by atoms with Crippen LogP contribution in [-0.4, -0.2) is 72.2 Å². The van der Waals surface area contributed by atoms with Gasteiger partial charge in [-0.1, -0.05) is 12.1 Å². The van der Waals surface area contributed by atoms with Crippen LogP contribution in [0.5, 0.6) is 0 Å². The summed E-state index contributed by atoms with van der Waals surface area (Å²) in [5.74, 6) is -2.26. The lowest BCUT2D eigenvalue weighted by Crippen LogP contribution is -2.45. The van der Waals surface area contributed by atoms with E-state index in [1.807, 2.05) is 0 Å². The standard InChI is InChI=1S/C19H23N3O6/c1-3-28-17(25)8-10-21(11-9-20-13(2)23)16(24)12-22-18(26)14-6-4-5-7-15(14)19(22)27/h4-7H,3,8-12H2,1-2H3,(H,20,23). The second-order valence-corrected chi connectivity index (χ2v) is 6.16. The van der Waals surface area contributed by atoms with Gasteiger partial charge in [0.2, 0.25) is 11.8 Å².